The molecule has 1 aromatic carbocycles. The highest BCUT2D eigenvalue weighted by molar-refractivity contribution is 7.99. The predicted octanol–water partition coefficient (Wildman–Crippen LogP) is 5.00. The van der Waals surface area contributed by atoms with Crippen LogP contribution in [0.1, 0.15) is 24.1 Å². The van der Waals surface area contributed by atoms with Gasteiger partial charge in [0.15, 0.2) is 0 Å². The first-order chi connectivity index (χ1) is 13.8. The molecule has 1 aliphatic heterocycles. The van der Waals surface area contributed by atoms with Gasteiger partial charge in [0.05, 0.1) is 17.0 Å². The number of hydrogen-bond acceptors (Lipinski definition) is 6. The van der Waals surface area contributed by atoms with Crippen LogP contribution in [0, 0.1) is 0 Å². The molecule has 1 N–H and O–H groups in total. The van der Waals surface area contributed by atoms with Crippen molar-refractivity contribution in [2.45, 2.75) is 30.3 Å². The third-order valence-corrected chi connectivity index (χ3v) is 6.79. The summed E-state index contributed by atoms with van der Waals surface area (Å²) in [6.45, 7) is 1.73. The zero-order valence-electron chi connectivity index (χ0n) is 15.4. The summed E-state index contributed by atoms with van der Waals surface area (Å²) in [6, 6.07) is 12.0. The summed E-state index contributed by atoms with van der Waals surface area (Å²) >= 11 is 3.53. The molecule has 1 aliphatic rings. The number of nitrogens with zero attached hydrogens (tertiary/aromatic N) is 1. The number of carbonyl (C=O) groups excluding carboxylic acids is 1. The molecule has 7 heteroatoms. The molecule has 1 saturated heterocycles. The van der Waals surface area contributed by atoms with Gasteiger partial charge >= 0.3 is 0 Å². The summed E-state index contributed by atoms with van der Waals surface area (Å²) in [4.78, 5) is 17.7. The number of benzene rings is 1. The van der Waals surface area contributed by atoms with E-state index in [9.17, 15) is 4.79 Å². The molecule has 146 valence electrons. The highest BCUT2D eigenvalue weighted by Gasteiger charge is 2.15. The number of rotatable bonds is 7. The molecule has 0 saturated carbocycles. The smallest absolute Gasteiger partial charge is 0.236 e. The summed E-state index contributed by atoms with van der Waals surface area (Å²) in [5.41, 5.74) is 2.67. The summed E-state index contributed by atoms with van der Waals surface area (Å²) in [5, 5.41) is 5.60. The molecular formula is C21H22N2O3S2. The Labute approximate surface area is 172 Å². The number of thiophene rings is 1. The number of carbonyl (C=O) groups is 1. The Balaban J connectivity index is 1.30. The van der Waals surface area contributed by atoms with Gasteiger partial charge in [0.25, 0.3) is 0 Å². The van der Waals surface area contributed by atoms with Gasteiger partial charge in [-0.05, 0) is 42.0 Å². The normalized spacial score (nSPS) is 14.9. The summed E-state index contributed by atoms with van der Waals surface area (Å²) in [5.74, 6) is 1.41. The second-order valence-electron chi connectivity index (χ2n) is 6.67. The van der Waals surface area contributed by atoms with E-state index in [-0.39, 0.29) is 12.3 Å². The van der Waals surface area contributed by atoms with Gasteiger partial charge in [-0.15, -0.1) is 11.3 Å². The molecule has 5 nitrogen and oxygen atoms in total. The van der Waals surface area contributed by atoms with Crippen molar-refractivity contribution in [1.82, 2.24) is 4.98 Å². The fourth-order valence-corrected chi connectivity index (χ4v) is 4.86. The highest BCUT2D eigenvalue weighted by atomic mass is 32.2. The minimum Gasteiger partial charge on any atom is -0.444 e. The Morgan fingerprint density at radius 1 is 1.25 bits per heavy atom. The topological polar surface area (TPSA) is 64.4 Å². The van der Waals surface area contributed by atoms with E-state index in [1.54, 1.807) is 17.6 Å². The number of amides is 1. The number of anilines is 1. The molecule has 1 fully saturated rings. The molecule has 0 atom stereocenters. The van der Waals surface area contributed by atoms with E-state index in [0.717, 1.165) is 42.4 Å². The van der Waals surface area contributed by atoms with Crippen LogP contribution in [0.5, 0.6) is 0 Å². The van der Waals surface area contributed by atoms with Crippen LogP contribution in [0.15, 0.2) is 52.5 Å². The molecule has 0 spiro atoms. The molecule has 0 unspecified atom stereocenters. The largest absolute Gasteiger partial charge is 0.444 e. The highest BCUT2D eigenvalue weighted by Crippen LogP contribution is 2.27. The Morgan fingerprint density at radius 3 is 2.96 bits per heavy atom. The van der Waals surface area contributed by atoms with E-state index < -0.39 is 0 Å². The van der Waals surface area contributed by atoms with Crippen LogP contribution in [0.3, 0.4) is 0 Å². The van der Waals surface area contributed by atoms with Crippen molar-refractivity contribution in [3.63, 3.8) is 0 Å². The van der Waals surface area contributed by atoms with Crippen LogP contribution >= 0.6 is 23.1 Å². The van der Waals surface area contributed by atoms with E-state index in [4.69, 9.17) is 9.15 Å². The van der Waals surface area contributed by atoms with Crippen molar-refractivity contribution < 1.29 is 13.9 Å². The van der Waals surface area contributed by atoms with Gasteiger partial charge < -0.3 is 14.5 Å². The molecule has 28 heavy (non-hydrogen) atoms. The van der Waals surface area contributed by atoms with Crippen molar-refractivity contribution in [2.75, 3.05) is 18.5 Å². The molecule has 0 bridgehead atoms. The predicted molar refractivity (Wildman–Crippen MR) is 114 cm³/mol. The number of thioether (sulfide) groups is 1. The Hall–Kier alpha value is -2.09. The standard InChI is InChI=1S/C21H22N2O3S2/c24-20(12-17-13-26-21(23-17)19-5-2-10-27-19)22-16-4-1-3-15(11-16)14-28-18-6-8-25-9-7-18/h1-5,10-11,13,18H,6-9,12,14H2,(H,22,24). The lowest BCUT2D eigenvalue weighted by atomic mass is 10.2. The van der Waals surface area contributed by atoms with E-state index in [1.165, 1.54) is 5.56 Å². The van der Waals surface area contributed by atoms with Gasteiger partial charge in [0.2, 0.25) is 11.8 Å². The summed E-state index contributed by atoms with van der Waals surface area (Å²) in [7, 11) is 0. The molecule has 2 aromatic heterocycles. The van der Waals surface area contributed by atoms with Crippen molar-refractivity contribution in [2.24, 2.45) is 0 Å². The van der Waals surface area contributed by atoms with Crippen molar-refractivity contribution >= 4 is 34.7 Å². The summed E-state index contributed by atoms with van der Waals surface area (Å²) < 4.78 is 10.9. The molecule has 3 heterocycles. The van der Waals surface area contributed by atoms with Gasteiger partial charge in [0, 0.05) is 29.9 Å². The fourth-order valence-electron chi connectivity index (χ4n) is 3.07. The van der Waals surface area contributed by atoms with Crippen molar-refractivity contribution in [1.29, 1.82) is 0 Å². The summed E-state index contributed by atoms with van der Waals surface area (Å²) in [6.07, 6.45) is 3.98. The van der Waals surface area contributed by atoms with Gasteiger partial charge in [0.1, 0.15) is 6.26 Å². The number of ether oxygens (including phenoxy) is 1. The van der Waals surface area contributed by atoms with Gasteiger partial charge in [-0.2, -0.15) is 11.8 Å². The Morgan fingerprint density at radius 2 is 2.14 bits per heavy atom. The third kappa shape index (κ3) is 5.25. The molecule has 1 amide bonds. The maximum atomic E-state index is 12.4. The van der Waals surface area contributed by atoms with Crippen LogP contribution in [0.25, 0.3) is 10.8 Å². The van der Waals surface area contributed by atoms with Crippen LogP contribution in [0.4, 0.5) is 5.69 Å². The average molecular weight is 415 g/mol. The second-order valence-corrected chi connectivity index (χ2v) is 8.91. The van der Waals surface area contributed by atoms with E-state index in [0.29, 0.717) is 16.8 Å². The second kappa shape index (κ2) is 9.41. The molecular weight excluding hydrogens is 392 g/mol. The first-order valence-electron chi connectivity index (χ1n) is 9.33. The fraction of sp³-hybridized carbons (Fsp3) is 0.333. The average Bonchev–Trinajstić information content (AvgIpc) is 3.39. The lowest BCUT2D eigenvalue weighted by Crippen LogP contribution is -2.17. The zero-order valence-corrected chi connectivity index (χ0v) is 17.1. The van der Waals surface area contributed by atoms with Gasteiger partial charge in [-0.3, -0.25) is 4.79 Å². The lowest BCUT2D eigenvalue weighted by molar-refractivity contribution is -0.115. The monoisotopic (exact) mass is 414 g/mol. The van der Waals surface area contributed by atoms with Crippen molar-refractivity contribution in [3.8, 4) is 10.8 Å². The Bertz CT molecular complexity index is 902. The zero-order chi connectivity index (χ0) is 19.2. The minimum absolute atomic E-state index is 0.0970. The number of aromatic nitrogens is 1. The van der Waals surface area contributed by atoms with Gasteiger partial charge in [-0.1, -0.05) is 18.2 Å². The molecule has 0 radical (unpaired) electrons. The molecule has 4 rings (SSSR count). The quantitative estimate of drug-likeness (QED) is 0.590. The maximum Gasteiger partial charge on any atom is 0.236 e. The van der Waals surface area contributed by atoms with Gasteiger partial charge in [-0.25, -0.2) is 4.98 Å². The maximum absolute atomic E-state index is 12.4. The molecule has 3 aromatic rings. The Kier molecular flexibility index (Phi) is 6.46. The van der Waals surface area contributed by atoms with Crippen LogP contribution in [0.2, 0.25) is 0 Å². The first-order valence-corrected chi connectivity index (χ1v) is 11.3. The SMILES string of the molecule is O=C(Cc1coc(-c2cccs2)n1)Nc1cccc(CSC2CCOCC2)c1. The van der Waals surface area contributed by atoms with E-state index in [2.05, 4.69) is 16.4 Å². The minimum atomic E-state index is -0.0970. The molecule has 0 aliphatic carbocycles. The van der Waals surface area contributed by atoms with Crippen LogP contribution in [-0.4, -0.2) is 29.4 Å². The van der Waals surface area contributed by atoms with E-state index >= 15 is 0 Å². The van der Waals surface area contributed by atoms with Crippen LogP contribution in [-0.2, 0) is 21.7 Å². The number of nitrogens with one attached hydrogen (secondary N) is 1. The lowest BCUT2D eigenvalue weighted by Gasteiger charge is -2.21. The number of hydrogen-bond donors (Lipinski definition) is 1. The van der Waals surface area contributed by atoms with Crippen LogP contribution < -0.4 is 5.32 Å². The van der Waals surface area contributed by atoms with Crippen molar-refractivity contribution in [3.05, 3.63) is 59.3 Å². The van der Waals surface area contributed by atoms with E-state index in [1.807, 2.05) is 47.5 Å². The third-order valence-electron chi connectivity index (χ3n) is 4.49. The number of oxazole rings is 1. The first kappa shape index (κ1) is 19.2.